The summed E-state index contributed by atoms with van der Waals surface area (Å²) in [5, 5.41) is 5.94. The monoisotopic (exact) mass is 327 g/mol. The van der Waals surface area contributed by atoms with Crippen LogP contribution in [0.1, 0.15) is 6.92 Å². The normalized spacial score (nSPS) is 10.3. The molecule has 2 N–H and O–H groups in total. The van der Waals surface area contributed by atoms with Crippen LogP contribution in [0.15, 0.2) is 34.9 Å². The zero-order chi connectivity index (χ0) is 13.8. The summed E-state index contributed by atoms with van der Waals surface area (Å²) in [6, 6.07) is 5.65. The molecule has 2 aromatic rings. The molecule has 1 aromatic heterocycles. The maximum atomic E-state index is 13.6. The van der Waals surface area contributed by atoms with E-state index in [1.54, 1.807) is 18.3 Å². The zero-order valence-corrected chi connectivity index (χ0v) is 11.8. The van der Waals surface area contributed by atoms with Gasteiger partial charge in [-0.1, -0.05) is 0 Å². The molecule has 0 fully saturated rings. The van der Waals surface area contributed by atoms with Gasteiger partial charge in [0, 0.05) is 30.6 Å². The number of aromatic nitrogens is 1. The van der Waals surface area contributed by atoms with Crippen molar-refractivity contribution in [3.8, 4) is 0 Å². The van der Waals surface area contributed by atoms with E-state index in [1.807, 2.05) is 6.92 Å². The van der Waals surface area contributed by atoms with Gasteiger partial charge >= 0.3 is 0 Å². The Hall–Kier alpha value is -1.69. The molecule has 6 heteroatoms. The molecule has 0 saturated heterocycles. The minimum Gasteiger partial charge on any atom is -0.370 e. The van der Waals surface area contributed by atoms with Crippen LogP contribution < -0.4 is 10.6 Å². The van der Waals surface area contributed by atoms with Gasteiger partial charge in [-0.05, 0) is 35.0 Å². The molecule has 0 aliphatic heterocycles. The number of benzene rings is 1. The van der Waals surface area contributed by atoms with Crippen molar-refractivity contribution in [2.45, 2.75) is 6.92 Å². The van der Waals surface area contributed by atoms with E-state index in [-0.39, 0.29) is 10.2 Å². The van der Waals surface area contributed by atoms with Crippen LogP contribution in [-0.4, -0.2) is 11.5 Å². The van der Waals surface area contributed by atoms with Gasteiger partial charge in [-0.3, -0.25) is 0 Å². The predicted octanol–water partition coefficient (Wildman–Crippen LogP) is 4.30. The lowest BCUT2D eigenvalue weighted by molar-refractivity contribution is 0.581. The number of nitrogens with one attached hydrogen (secondary N) is 2. The molecule has 0 spiro atoms. The maximum absolute atomic E-state index is 13.6. The molecular weight excluding hydrogens is 316 g/mol. The first-order valence-electron chi connectivity index (χ1n) is 5.71. The predicted molar refractivity (Wildman–Crippen MR) is 75.7 cm³/mol. The highest BCUT2D eigenvalue weighted by Crippen LogP contribution is 2.26. The van der Waals surface area contributed by atoms with E-state index < -0.39 is 11.6 Å². The minimum absolute atomic E-state index is 0.196. The fourth-order valence-corrected chi connectivity index (χ4v) is 1.90. The lowest BCUT2D eigenvalue weighted by atomic mass is 10.2. The Morgan fingerprint density at radius 1 is 1.21 bits per heavy atom. The molecule has 0 radical (unpaired) electrons. The average molecular weight is 328 g/mol. The van der Waals surface area contributed by atoms with Crippen LogP contribution in [-0.2, 0) is 0 Å². The molecule has 0 unspecified atom stereocenters. The van der Waals surface area contributed by atoms with E-state index in [2.05, 4.69) is 31.5 Å². The second-order valence-corrected chi connectivity index (χ2v) is 4.69. The number of anilines is 3. The van der Waals surface area contributed by atoms with Gasteiger partial charge in [0.05, 0.1) is 10.2 Å². The molecule has 0 atom stereocenters. The summed E-state index contributed by atoms with van der Waals surface area (Å²) >= 11 is 3.03. The lowest BCUT2D eigenvalue weighted by Gasteiger charge is -2.10. The van der Waals surface area contributed by atoms with E-state index in [4.69, 9.17) is 0 Å². The molecular formula is C13H12BrF2N3. The SMILES string of the molecule is CCNc1cc(Nc2cc(Br)c(F)cc2F)ccn1. The number of rotatable bonds is 4. The van der Waals surface area contributed by atoms with Crippen LogP contribution >= 0.6 is 15.9 Å². The van der Waals surface area contributed by atoms with Crippen molar-refractivity contribution in [3.63, 3.8) is 0 Å². The average Bonchev–Trinajstić information content (AvgIpc) is 2.37. The quantitative estimate of drug-likeness (QED) is 0.822. The first-order chi connectivity index (χ1) is 9.10. The second-order valence-electron chi connectivity index (χ2n) is 3.83. The fourth-order valence-electron chi connectivity index (χ4n) is 1.56. The van der Waals surface area contributed by atoms with Crippen LogP contribution in [0.5, 0.6) is 0 Å². The number of hydrogen-bond acceptors (Lipinski definition) is 3. The van der Waals surface area contributed by atoms with Crippen molar-refractivity contribution < 1.29 is 8.78 Å². The van der Waals surface area contributed by atoms with Crippen molar-refractivity contribution in [1.29, 1.82) is 0 Å². The van der Waals surface area contributed by atoms with Crippen molar-refractivity contribution >= 4 is 33.1 Å². The molecule has 19 heavy (non-hydrogen) atoms. The topological polar surface area (TPSA) is 37.0 Å². The second kappa shape index (κ2) is 5.97. The van der Waals surface area contributed by atoms with E-state index in [9.17, 15) is 8.78 Å². The Labute approximate surface area is 118 Å². The number of nitrogens with zero attached hydrogens (tertiary/aromatic N) is 1. The van der Waals surface area contributed by atoms with Gasteiger partial charge < -0.3 is 10.6 Å². The van der Waals surface area contributed by atoms with Crippen molar-refractivity contribution in [2.75, 3.05) is 17.2 Å². The molecule has 3 nitrogen and oxygen atoms in total. The summed E-state index contributed by atoms with van der Waals surface area (Å²) in [6.07, 6.45) is 1.61. The fraction of sp³-hybridized carbons (Fsp3) is 0.154. The maximum Gasteiger partial charge on any atom is 0.149 e. The Morgan fingerprint density at radius 2 is 2.00 bits per heavy atom. The molecule has 0 saturated carbocycles. The molecule has 1 aromatic carbocycles. The first kappa shape index (κ1) is 13.7. The van der Waals surface area contributed by atoms with Crippen molar-refractivity contribution in [3.05, 3.63) is 46.6 Å². The summed E-state index contributed by atoms with van der Waals surface area (Å²) < 4.78 is 26.9. The third-order valence-corrected chi connectivity index (χ3v) is 3.01. The van der Waals surface area contributed by atoms with Crippen molar-refractivity contribution in [1.82, 2.24) is 4.98 Å². The number of halogens is 3. The largest absolute Gasteiger partial charge is 0.370 e. The Balaban J connectivity index is 2.25. The number of hydrogen-bond donors (Lipinski definition) is 2. The highest BCUT2D eigenvalue weighted by Gasteiger charge is 2.08. The standard InChI is InChI=1S/C13H12BrF2N3/c1-2-17-13-5-8(3-4-18-13)19-12-6-9(14)10(15)7-11(12)16/h3-7H,2H2,1H3,(H2,17,18,19). The van der Waals surface area contributed by atoms with E-state index >= 15 is 0 Å². The third-order valence-electron chi connectivity index (χ3n) is 2.41. The molecule has 0 aliphatic carbocycles. The van der Waals surface area contributed by atoms with Crippen LogP contribution in [0.25, 0.3) is 0 Å². The van der Waals surface area contributed by atoms with Crippen LogP contribution in [0.3, 0.4) is 0 Å². The van der Waals surface area contributed by atoms with Gasteiger partial charge in [0.15, 0.2) is 0 Å². The van der Waals surface area contributed by atoms with E-state index in [1.165, 1.54) is 6.07 Å². The molecule has 100 valence electrons. The molecule has 2 rings (SSSR count). The summed E-state index contributed by atoms with van der Waals surface area (Å²) in [6.45, 7) is 2.70. The van der Waals surface area contributed by atoms with E-state index in [0.29, 0.717) is 11.5 Å². The summed E-state index contributed by atoms with van der Waals surface area (Å²) in [5.74, 6) is -0.595. The highest BCUT2D eigenvalue weighted by atomic mass is 79.9. The molecule has 0 amide bonds. The van der Waals surface area contributed by atoms with Crippen LogP contribution in [0, 0.1) is 11.6 Å². The lowest BCUT2D eigenvalue weighted by Crippen LogP contribution is -2.00. The smallest absolute Gasteiger partial charge is 0.149 e. The van der Waals surface area contributed by atoms with Crippen LogP contribution in [0.2, 0.25) is 0 Å². The van der Waals surface area contributed by atoms with Gasteiger partial charge in [-0.15, -0.1) is 0 Å². The number of pyridine rings is 1. The molecule has 0 aliphatic rings. The van der Waals surface area contributed by atoms with Gasteiger partial charge in [-0.25, -0.2) is 13.8 Å². The first-order valence-corrected chi connectivity index (χ1v) is 6.51. The summed E-state index contributed by atoms with van der Waals surface area (Å²) in [5.41, 5.74) is 0.866. The van der Waals surface area contributed by atoms with Gasteiger partial charge in [0.25, 0.3) is 0 Å². The van der Waals surface area contributed by atoms with Gasteiger partial charge in [-0.2, -0.15) is 0 Å². The van der Waals surface area contributed by atoms with Crippen molar-refractivity contribution in [2.24, 2.45) is 0 Å². The minimum atomic E-state index is -0.650. The van der Waals surface area contributed by atoms with Crippen LogP contribution in [0.4, 0.5) is 26.0 Å². The van der Waals surface area contributed by atoms with E-state index in [0.717, 1.165) is 12.6 Å². The molecule has 0 bridgehead atoms. The summed E-state index contributed by atoms with van der Waals surface area (Å²) in [7, 11) is 0. The summed E-state index contributed by atoms with van der Waals surface area (Å²) in [4.78, 5) is 4.11. The highest BCUT2D eigenvalue weighted by molar-refractivity contribution is 9.10. The third kappa shape index (κ3) is 3.41. The zero-order valence-electron chi connectivity index (χ0n) is 10.2. The molecule has 1 heterocycles. The van der Waals surface area contributed by atoms with Gasteiger partial charge in [0.1, 0.15) is 17.5 Å². The Bertz CT molecular complexity index is 590. The van der Waals surface area contributed by atoms with Gasteiger partial charge in [0.2, 0.25) is 0 Å². The Morgan fingerprint density at radius 3 is 2.74 bits per heavy atom. The Kier molecular flexibility index (Phi) is 4.31.